The average molecular weight is 239 g/mol. The first-order chi connectivity index (χ1) is 13.5. The lowest BCUT2D eigenvalue weighted by atomic mass is 9.98. The van der Waals surface area contributed by atoms with Crippen molar-refractivity contribution in [3.05, 3.63) is 72.5 Å². The first kappa shape index (κ1) is 3.83. The molecule has 0 fully saturated rings. The minimum absolute atomic E-state index is 0.0154. The lowest BCUT2D eigenvalue weighted by Gasteiger charge is -2.06. The summed E-state index contributed by atoms with van der Waals surface area (Å²) >= 11 is 0. The summed E-state index contributed by atoms with van der Waals surface area (Å²) in [5.41, 5.74) is 0. The maximum atomic E-state index is 8.64. The molecule has 0 amide bonds. The molecule has 0 aliphatic heterocycles. The third-order valence-electron chi connectivity index (χ3n) is 2.76. The summed E-state index contributed by atoms with van der Waals surface area (Å²) in [6.45, 7) is 0. The summed E-state index contributed by atoms with van der Waals surface area (Å²) in [6, 6.07) is -3.77. The first-order valence-corrected chi connectivity index (χ1v) is 5.33. The monoisotopic (exact) mass is 239 g/mol. The molecule has 4 rings (SSSR count). The molecule has 0 N–H and O–H groups in total. The molecule has 0 aliphatic rings. The third-order valence-corrected chi connectivity index (χ3v) is 2.76. The van der Waals surface area contributed by atoms with Crippen molar-refractivity contribution < 1.29 is 15.1 Å². The molecule has 0 saturated carbocycles. The minimum atomic E-state index is -0.567. The van der Waals surface area contributed by atoms with Crippen molar-refractivity contribution in [2.75, 3.05) is 0 Å². The second-order valence-corrected chi connectivity index (χ2v) is 3.83. The molecular formula is C18H12. The Balaban J connectivity index is 2.49. The van der Waals surface area contributed by atoms with Crippen molar-refractivity contribution in [3.8, 4) is 0 Å². The van der Waals surface area contributed by atoms with Crippen LogP contribution >= 0.6 is 0 Å². The molecule has 18 heavy (non-hydrogen) atoms. The Morgan fingerprint density at radius 2 is 1.22 bits per heavy atom. The van der Waals surface area contributed by atoms with E-state index in [0.29, 0.717) is 0 Å². The van der Waals surface area contributed by atoms with Crippen molar-refractivity contribution in [2.45, 2.75) is 0 Å². The van der Waals surface area contributed by atoms with Gasteiger partial charge < -0.3 is 0 Å². The maximum absolute atomic E-state index is 8.64. The Bertz CT molecular complexity index is 1410. The highest BCUT2D eigenvalue weighted by Crippen LogP contribution is 2.29. The Hall–Kier alpha value is -2.34. The van der Waals surface area contributed by atoms with E-state index >= 15 is 0 Å². The lowest BCUT2D eigenvalue weighted by Crippen LogP contribution is -1.79. The molecule has 4 aromatic rings. The third kappa shape index (κ3) is 1.32. The van der Waals surface area contributed by atoms with Crippen molar-refractivity contribution in [2.24, 2.45) is 0 Å². The Morgan fingerprint density at radius 3 is 2.06 bits per heavy atom. The van der Waals surface area contributed by atoms with E-state index in [9.17, 15) is 0 Å². The fourth-order valence-corrected chi connectivity index (χ4v) is 1.94. The molecule has 84 valence electrons. The van der Waals surface area contributed by atoms with E-state index in [2.05, 4.69) is 0 Å². The average Bonchev–Trinajstić information content (AvgIpc) is 2.69. The van der Waals surface area contributed by atoms with Gasteiger partial charge in [-0.15, -0.1) is 0 Å². The molecule has 0 bridgehead atoms. The molecule has 0 unspecified atom stereocenters. The predicted octanol–water partition coefficient (Wildman–Crippen LogP) is 5.15. The number of benzene rings is 4. The van der Waals surface area contributed by atoms with Crippen LogP contribution in [0.2, 0.25) is 0 Å². The van der Waals surface area contributed by atoms with Crippen LogP contribution in [0.3, 0.4) is 0 Å². The number of hydrogen-bond donors (Lipinski definition) is 0. The largest absolute Gasteiger partial charge is 0.0636 e. The van der Waals surface area contributed by atoms with Gasteiger partial charge in [0.15, 0.2) is 0 Å². The summed E-state index contributed by atoms with van der Waals surface area (Å²) in [4.78, 5) is 0. The molecule has 0 aliphatic carbocycles. The van der Waals surface area contributed by atoms with Gasteiger partial charge in [0, 0.05) is 0 Å². The SMILES string of the molecule is [2H]c1c([2H])c([2H])c2c(cc([2H])c3c([2H])c4c([2H])c([2H])c([2H])c([2H])c4c([2H])c32)c1[2H]. The van der Waals surface area contributed by atoms with Gasteiger partial charge in [-0.2, -0.15) is 0 Å². The van der Waals surface area contributed by atoms with Crippen LogP contribution in [-0.4, -0.2) is 0 Å². The highest BCUT2D eigenvalue weighted by atomic mass is 14.1. The zero-order valence-electron chi connectivity index (χ0n) is 20.1. The molecule has 0 atom stereocenters. The molecule has 0 aromatic heterocycles. The second-order valence-electron chi connectivity index (χ2n) is 3.83. The van der Waals surface area contributed by atoms with Gasteiger partial charge in [0.1, 0.15) is 0 Å². The number of hydrogen-bond acceptors (Lipinski definition) is 0. The van der Waals surface area contributed by atoms with E-state index in [1.165, 1.54) is 6.07 Å². The highest BCUT2D eigenvalue weighted by molar-refractivity contribution is 6.11. The van der Waals surface area contributed by atoms with Crippen molar-refractivity contribution in [1.82, 2.24) is 0 Å². The summed E-state index contributed by atoms with van der Waals surface area (Å²) in [5.74, 6) is 0. The highest BCUT2D eigenvalue weighted by Gasteiger charge is 2.01. The van der Waals surface area contributed by atoms with Crippen LogP contribution in [0, 0.1) is 0 Å². The topological polar surface area (TPSA) is 0 Å². The van der Waals surface area contributed by atoms with Gasteiger partial charge in [0.2, 0.25) is 0 Å². The van der Waals surface area contributed by atoms with Gasteiger partial charge in [0.25, 0.3) is 0 Å². The van der Waals surface area contributed by atoms with Gasteiger partial charge in [-0.05, 0) is 44.4 Å². The summed E-state index contributed by atoms with van der Waals surface area (Å²) < 4.78 is 89.7. The zero-order valence-corrected chi connectivity index (χ0v) is 9.08. The van der Waals surface area contributed by atoms with Gasteiger partial charge >= 0.3 is 0 Å². The molecule has 0 spiro atoms. The van der Waals surface area contributed by atoms with E-state index in [1.54, 1.807) is 0 Å². The van der Waals surface area contributed by atoms with Crippen LogP contribution in [0.4, 0.5) is 0 Å². The number of rotatable bonds is 0. The van der Waals surface area contributed by atoms with Gasteiger partial charge in [-0.3, -0.25) is 0 Å². The summed E-state index contributed by atoms with van der Waals surface area (Å²) in [7, 11) is 0. The normalized spacial score (nSPS) is 19.9. The van der Waals surface area contributed by atoms with E-state index in [0.717, 1.165) is 0 Å². The second kappa shape index (κ2) is 3.58. The molecule has 0 radical (unpaired) electrons. The summed E-state index contributed by atoms with van der Waals surface area (Å²) in [6.07, 6.45) is 0. The van der Waals surface area contributed by atoms with Gasteiger partial charge in [-0.25, -0.2) is 0 Å². The molecule has 0 heterocycles. The van der Waals surface area contributed by atoms with Gasteiger partial charge in [-0.1, -0.05) is 60.4 Å². The van der Waals surface area contributed by atoms with Crippen LogP contribution in [-0.2, 0) is 0 Å². The van der Waals surface area contributed by atoms with Crippen LogP contribution in [0.15, 0.2) is 72.5 Å². The fourth-order valence-electron chi connectivity index (χ4n) is 1.94. The standard InChI is InChI=1S/C18H12/c1-2-7-15-12-18-16(11-14(15)6-1)10-9-13-5-3-4-8-17(13)18/h1-12H/i1D,2D,3D,4D,5D,6D,7D,8D,10D,11D,12D. The number of fused-ring (bicyclic) bond motifs is 4. The van der Waals surface area contributed by atoms with Crippen LogP contribution in [0.5, 0.6) is 0 Å². The van der Waals surface area contributed by atoms with Gasteiger partial charge in [0.05, 0.1) is 15.1 Å². The van der Waals surface area contributed by atoms with E-state index in [4.69, 9.17) is 15.1 Å². The smallest absolute Gasteiger partial charge is 0.0616 e. The van der Waals surface area contributed by atoms with Crippen molar-refractivity contribution in [3.63, 3.8) is 0 Å². The Morgan fingerprint density at radius 1 is 0.556 bits per heavy atom. The predicted molar refractivity (Wildman–Crippen MR) is 79.0 cm³/mol. The molecular weight excluding hydrogens is 216 g/mol. The van der Waals surface area contributed by atoms with E-state index in [1.807, 2.05) is 0 Å². The van der Waals surface area contributed by atoms with E-state index in [-0.39, 0.29) is 50.4 Å². The molecule has 0 nitrogen and oxygen atoms in total. The van der Waals surface area contributed by atoms with Crippen LogP contribution in [0.25, 0.3) is 32.3 Å². The van der Waals surface area contributed by atoms with Crippen LogP contribution < -0.4 is 0 Å². The first-order valence-electron chi connectivity index (χ1n) is 10.8. The van der Waals surface area contributed by atoms with Crippen molar-refractivity contribution >= 4 is 32.3 Å². The fraction of sp³-hybridized carbons (Fsp3) is 0. The Labute approximate surface area is 121 Å². The maximum Gasteiger partial charge on any atom is 0.0636 e. The molecule has 0 heteroatoms. The van der Waals surface area contributed by atoms with Crippen molar-refractivity contribution in [1.29, 1.82) is 0 Å². The Kier molecular flexibility index (Phi) is 0.760. The minimum Gasteiger partial charge on any atom is -0.0616 e. The lowest BCUT2D eigenvalue weighted by molar-refractivity contribution is 1.77. The summed E-state index contributed by atoms with van der Waals surface area (Å²) in [5, 5.41) is -0.626. The van der Waals surface area contributed by atoms with E-state index < -0.39 is 48.3 Å². The zero-order chi connectivity index (χ0) is 21.5. The molecule has 0 saturated heterocycles. The van der Waals surface area contributed by atoms with Crippen LogP contribution in [0.1, 0.15) is 15.1 Å². The molecule has 4 aromatic carbocycles. The quantitative estimate of drug-likeness (QED) is 0.294.